The van der Waals surface area contributed by atoms with E-state index in [0.717, 1.165) is 40.3 Å². The van der Waals surface area contributed by atoms with Gasteiger partial charge in [-0.1, -0.05) is 18.2 Å². The third-order valence-electron chi connectivity index (χ3n) is 4.51. The van der Waals surface area contributed by atoms with Crippen LogP contribution >= 0.6 is 11.8 Å². The molecule has 0 amide bonds. The van der Waals surface area contributed by atoms with E-state index in [-0.39, 0.29) is 5.82 Å². The number of rotatable bonds is 7. The number of imidazole rings is 1. The van der Waals surface area contributed by atoms with Gasteiger partial charge >= 0.3 is 0 Å². The Morgan fingerprint density at radius 1 is 1.18 bits per heavy atom. The van der Waals surface area contributed by atoms with Crippen LogP contribution in [0.3, 0.4) is 0 Å². The van der Waals surface area contributed by atoms with Crippen LogP contribution in [-0.2, 0) is 25.9 Å². The van der Waals surface area contributed by atoms with E-state index in [1.54, 1.807) is 17.8 Å². The monoisotopic (exact) mass is 399 g/mol. The average Bonchev–Trinajstić information content (AvgIpc) is 3.01. The smallest absolute Gasteiger partial charge is 0.191 e. The molecule has 1 heterocycles. The molecule has 0 spiro atoms. The second-order valence-electron chi connectivity index (χ2n) is 6.47. The average molecular weight is 400 g/mol. The third kappa shape index (κ3) is 4.84. The third-order valence-corrected chi connectivity index (χ3v) is 5.11. The summed E-state index contributed by atoms with van der Waals surface area (Å²) >= 11 is 1.68. The predicted molar refractivity (Wildman–Crippen MR) is 116 cm³/mol. The molecule has 2 N–H and O–H groups in total. The van der Waals surface area contributed by atoms with Crippen molar-refractivity contribution >= 4 is 28.8 Å². The highest BCUT2D eigenvalue weighted by atomic mass is 32.2. The lowest BCUT2D eigenvalue weighted by Crippen LogP contribution is -2.37. The maximum atomic E-state index is 13.5. The Hall–Kier alpha value is -2.54. The second kappa shape index (κ2) is 9.59. The molecule has 5 nitrogen and oxygen atoms in total. The van der Waals surface area contributed by atoms with E-state index in [1.165, 1.54) is 6.07 Å². The van der Waals surface area contributed by atoms with Crippen LogP contribution < -0.4 is 10.6 Å². The number of aromatic nitrogens is 2. The molecule has 0 aliphatic heterocycles. The summed E-state index contributed by atoms with van der Waals surface area (Å²) < 4.78 is 15.6. The number of benzene rings is 2. The fraction of sp³-hybridized carbons (Fsp3) is 0.333. The summed E-state index contributed by atoms with van der Waals surface area (Å²) in [5, 5.41) is 6.61. The fourth-order valence-corrected chi connectivity index (χ4v) is 3.64. The zero-order valence-corrected chi connectivity index (χ0v) is 17.3. The molecule has 28 heavy (non-hydrogen) atoms. The van der Waals surface area contributed by atoms with Gasteiger partial charge in [-0.15, -0.1) is 0 Å². The normalized spacial score (nSPS) is 11.8. The van der Waals surface area contributed by atoms with E-state index in [4.69, 9.17) is 0 Å². The molecule has 0 atom stereocenters. The van der Waals surface area contributed by atoms with E-state index in [0.29, 0.717) is 19.0 Å². The van der Waals surface area contributed by atoms with E-state index >= 15 is 0 Å². The minimum atomic E-state index is -0.205. The molecule has 0 fully saturated rings. The zero-order chi connectivity index (χ0) is 19.9. The predicted octanol–water partition coefficient (Wildman–Crippen LogP) is 3.83. The number of aryl methyl sites for hydroxylation is 1. The number of hydrogen-bond acceptors (Lipinski definition) is 3. The van der Waals surface area contributed by atoms with Gasteiger partial charge in [-0.2, -0.15) is 11.8 Å². The van der Waals surface area contributed by atoms with Crippen molar-refractivity contribution < 1.29 is 4.39 Å². The molecule has 0 radical (unpaired) electrons. The van der Waals surface area contributed by atoms with E-state index < -0.39 is 0 Å². The minimum absolute atomic E-state index is 0.205. The first-order valence-electron chi connectivity index (χ1n) is 9.31. The summed E-state index contributed by atoms with van der Waals surface area (Å²) in [7, 11) is 2.02. The number of nitrogens with zero attached hydrogens (tertiary/aromatic N) is 3. The van der Waals surface area contributed by atoms with Gasteiger partial charge < -0.3 is 15.2 Å². The van der Waals surface area contributed by atoms with E-state index in [2.05, 4.69) is 31.2 Å². The van der Waals surface area contributed by atoms with Crippen molar-refractivity contribution in [3.8, 4) is 0 Å². The summed E-state index contributed by atoms with van der Waals surface area (Å²) in [4.78, 5) is 9.36. The van der Waals surface area contributed by atoms with Crippen LogP contribution in [0.15, 0.2) is 47.5 Å². The first-order chi connectivity index (χ1) is 13.6. The lowest BCUT2D eigenvalue weighted by atomic mass is 10.1. The lowest BCUT2D eigenvalue weighted by molar-refractivity contribution is 0.625. The molecule has 148 valence electrons. The molecule has 7 heteroatoms. The Labute approximate surface area is 169 Å². The van der Waals surface area contributed by atoms with Crippen molar-refractivity contribution in [2.45, 2.75) is 25.8 Å². The number of fused-ring (bicyclic) bond motifs is 1. The number of guanidine groups is 1. The van der Waals surface area contributed by atoms with Gasteiger partial charge in [-0.3, -0.25) is 0 Å². The maximum absolute atomic E-state index is 13.5. The van der Waals surface area contributed by atoms with E-state index in [1.807, 2.05) is 44.5 Å². The van der Waals surface area contributed by atoms with Crippen molar-refractivity contribution in [3.63, 3.8) is 0 Å². The Balaban J connectivity index is 1.73. The Kier molecular flexibility index (Phi) is 6.92. The highest BCUT2D eigenvalue weighted by Crippen LogP contribution is 2.18. The SMILES string of the molecule is CCNC(=NCc1ccc(F)cc1CSC)NCc1nc2ccccc2n1C. The van der Waals surface area contributed by atoms with Crippen molar-refractivity contribution in [2.75, 3.05) is 12.8 Å². The van der Waals surface area contributed by atoms with Gasteiger partial charge in [0.25, 0.3) is 0 Å². The molecular formula is C21H26FN5S. The van der Waals surface area contributed by atoms with Gasteiger partial charge in [0.05, 0.1) is 24.1 Å². The number of thioether (sulfide) groups is 1. The topological polar surface area (TPSA) is 54.2 Å². The molecule has 0 saturated carbocycles. The van der Waals surface area contributed by atoms with Crippen LogP contribution in [0.2, 0.25) is 0 Å². The fourth-order valence-electron chi connectivity index (χ4n) is 3.06. The molecule has 0 saturated heterocycles. The standard InChI is InChI=1S/C21H26FN5S/c1-4-23-21(24-12-15-9-10-17(22)11-16(15)14-28-3)25-13-20-26-18-7-5-6-8-19(18)27(20)2/h5-11H,4,12-14H2,1-3H3,(H2,23,24,25). The number of halogens is 1. The first-order valence-corrected chi connectivity index (χ1v) is 10.7. The maximum Gasteiger partial charge on any atom is 0.191 e. The van der Waals surface area contributed by atoms with Crippen LogP contribution in [0.1, 0.15) is 23.9 Å². The van der Waals surface area contributed by atoms with Gasteiger partial charge in [-0.05, 0) is 48.6 Å². The van der Waals surface area contributed by atoms with Gasteiger partial charge in [0.2, 0.25) is 0 Å². The summed E-state index contributed by atoms with van der Waals surface area (Å²) in [6, 6.07) is 13.0. The Morgan fingerprint density at radius 3 is 2.75 bits per heavy atom. The number of para-hydroxylation sites is 2. The second-order valence-corrected chi connectivity index (χ2v) is 7.34. The molecule has 0 unspecified atom stereocenters. The number of aliphatic imine (C=N–C) groups is 1. The van der Waals surface area contributed by atoms with Gasteiger partial charge in [-0.25, -0.2) is 14.4 Å². The summed E-state index contributed by atoms with van der Waals surface area (Å²) in [6.45, 7) is 3.85. The summed E-state index contributed by atoms with van der Waals surface area (Å²) in [6.07, 6.45) is 2.01. The van der Waals surface area contributed by atoms with Crippen molar-refractivity contribution in [2.24, 2.45) is 12.0 Å². The molecule has 3 rings (SSSR count). The van der Waals surface area contributed by atoms with Crippen LogP contribution in [0.25, 0.3) is 11.0 Å². The molecule has 0 bridgehead atoms. The van der Waals surface area contributed by atoms with Crippen LogP contribution in [0, 0.1) is 5.82 Å². The molecular weight excluding hydrogens is 373 g/mol. The lowest BCUT2D eigenvalue weighted by Gasteiger charge is -2.12. The highest BCUT2D eigenvalue weighted by molar-refractivity contribution is 7.97. The molecule has 1 aromatic heterocycles. The van der Waals surface area contributed by atoms with Gasteiger partial charge in [0.1, 0.15) is 11.6 Å². The Morgan fingerprint density at radius 2 is 2.00 bits per heavy atom. The van der Waals surface area contributed by atoms with Crippen molar-refractivity contribution in [1.29, 1.82) is 0 Å². The van der Waals surface area contributed by atoms with Crippen molar-refractivity contribution in [1.82, 2.24) is 20.2 Å². The van der Waals surface area contributed by atoms with Crippen molar-refractivity contribution in [3.05, 3.63) is 65.2 Å². The zero-order valence-electron chi connectivity index (χ0n) is 16.5. The molecule has 0 aliphatic rings. The molecule has 0 aliphatic carbocycles. The minimum Gasteiger partial charge on any atom is -0.357 e. The highest BCUT2D eigenvalue weighted by Gasteiger charge is 2.08. The van der Waals surface area contributed by atoms with Crippen LogP contribution in [-0.4, -0.2) is 28.3 Å². The number of nitrogens with one attached hydrogen (secondary N) is 2. The van der Waals surface area contributed by atoms with Crippen LogP contribution in [0.5, 0.6) is 0 Å². The van der Waals surface area contributed by atoms with Gasteiger partial charge in [0, 0.05) is 19.3 Å². The summed E-state index contributed by atoms with van der Waals surface area (Å²) in [5.41, 5.74) is 4.11. The largest absolute Gasteiger partial charge is 0.357 e. The Bertz CT molecular complexity index is 967. The molecule has 2 aromatic carbocycles. The summed E-state index contributed by atoms with van der Waals surface area (Å²) in [5.74, 6) is 2.22. The van der Waals surface area contributed by atoms with Gasteiger partial charge in [0.15, 0.2) is 5.96 Å². The van der Waals surface area contributed by atoms with E-state index in [9.17, 15) is 4.39 Å². The quantitative estimate of drug-likeness (QED) is 0.468. The molecule has 3 aromatic rings. The number of hydrogen-bond donors (Lipinski definition) is 2. The first kappa shape index (κ1) is 20.2. The van der Waals surface area contributed by atoms with Crippen LogP contribution in [0.4, 0.5) is 4.39 Å².